The fourth-order valence-electron chi connectivity index (χ4n) is 5.11. The topological polar surface area (TPSA) is 58.4 Å². The quantitative estimate of drug-likeness (QED) is 0.578. The standard InChI is InChI=1S/C26H29FN4O2/c27-20-9-3-5-11-22(20)31-18-19(17-25(31)33)26-28-21-10-4-6-12-23(21)30(26)16-13-24(32)29-14-7-1-2-8-15-29/h3-6,9-12,19H,1-2,7-8,13-18H2. The highest BCUT2D eigenvalue weighted by atomic mass is 19.1. The fraction of sp³-hybridized carbons (Fsp3) is 0.423. The molecule has 0 saturated carbocycles. The van der Waals surface area contributed by atoms with E-state index in [1.165, 1.54) is 23.8 Å². The number of fused-ring (bicyclic) bond motifs is 1. The second kappa shape index (κ2) is 9.33. The average molecular weight is 449 g/mol. The molecule has 2 fully saturated rings. The minimum atomic E-state index is -0.400. The Labute approximate surface area is 193 Å². The van der Waals surface area contributed by atoms with Crippen molar-refractivity contribution in [2.24, 2.45) is 0 Å². The summed E-state index contributed by atoms with van der Waals surface area (Å²) in [4.78, 5) is 34.1. The van der Waals surface area contributed by atoms with Gasteiger partial charge >= 0.3 is 0 Å². The summed E-state index contributed by atoms with van der Waals surface area (Å²) in [6, 6.07) is 14.2. The van der Waals surface area contributed by atoms with Crippen molar-refractivity contribution in [1.82, 2.24) is 14.5 Å². The Kier molecular flexibility index (Phi) is 6.11. The van der Waals surface area contributed by atoms with Crippen LogP contribution in [0.4, 0.5) is 10.1 Å². The Bertz CT molecular complexity index is 1170. The second-order valence-corrected chi connectivity index (χ2v) is 9.01. The van der Waals surface area contributed by atoms with Gasteiger partial charge in [0.05, 0.1) is 16.7 Å². The fourth-order valence-corrected chi connectivity index (χ4v) is 5.11. The zero-order valence-corrected chi connectivity index (χ0v) is 18.8. The lowest BCUT2D eigenvalue weighted by molar-refractivity contribution is -0.131. The predicted molar refractivity (Wildman–Crippen MR) is 126 cm³/mol. The van der Waals surface area contributed by atoms with Crippen LogP contribution in [0.1, 0.15) is 50.3 Å². The van der Waals surface area contributed by atoms with Crippen molar-refractivity contribution >= 4 is 28.5 Å². The number of amides is 2. The SMILES string of the molecule is O=C(CCn1c(C2CC(=O)N(c3ccccc3F)C2)nc2ccccc21)N1CCCCCC1. The van der Waals surface area contributed by atoms with E-state index in [1.54, 1.807) is 18.2 Å². The Hall–Kier alpha value is -3.22. The van der Waals surface area contributed by atoms with Gasteiger partial charge in [-0.2, -0.15) is 0 Å². The van der Waals surface area contributed by atoms with Crippen molar-refractivity contribution in [3.63, 3.8) is 0 Å². The highest BCUT2D eigenvalue weighted by molar-refractivity contribution is 5.96. The van der Waals surface area contributed by atoms with Crippen molar-refractivity contribution in [1.29, 1.82) is 0 Å². The molecule has 33 heavy (non-hydrogen) atoms. The zero-order chi connectivity index (χ0) is 22.8. The van der Waals surface area contributed by atoms with Crippen molar-refractivity contribution < 1.29 is 14.0 Å². The number of aromatic nitrogens is 2. The van der Waals surface area contributed by atoms with Gasteiger partial charge in [-0.15, -0.1) is 0 Å². The summed E-state index contributed by atoms with van der Waals surface area (Å²) in [5.41, 5.74) is 2.13. The summed E-state index contributed by atoms with van der Waals surface area (Å²) in [6.45, 7) is 2.58. The van der Waals surface area contributed by atoms with Gasteiger partial charge < -0.3 is 14.4 Å². The normalized spacial score (nSPS) is 19.3. The maximum Gasteiger partial charge on any atom is 0.227 e. The number of anilines is 1. The van der Waals surface area contributed by atoms with Crippen LogP contribution in [0.3, 0.4) is 0 Å². The van der Waals surface area contributed by atoms with Gasteiger partial charge in [-0.05, 0) is 37.1 Å². The summed E-state index contributed by atoms with van der Waals surface area (Å²) >= 11 is 0. The summed E-state index contributed by atoms with van der Waals surface area (Å²) < 4.78 is 16.4. The lowest BCUT2D eigenvalue weighted by Crippen LogP contribution is -2.32. The van der Waals surface area contributed by atoms with Crippen LogP contribution in [0.2, 0.25) is 0 Å². The molecular formula is C26H29FN4O2. The van der Waals surface area contributed by atoms with Gasteiger partial charge in [-0.1, -0.05) is 37.1 Å². The van der Waals surface area contributed by atoms with E-state index in [9.17, 15) is 14.0 Å². The number of hydrogen-bond donors (Lipinski definition) is 0. The molecule has 2 saturated heterocycles. The summed E-state index contributed by atoms with van der Waals surface area (Å²) in [5, 5.41) is 0. The van der Waals surface area contributed by atoms with E-state index in [1.807, 2.05) is 29.2 Å². The zero-order valence-electron chi connectivity index (χ0n) is 18.8. The maximum absolute atomic E-state index is 14.3. The molecule has 1 unspecified atom stereocenters. The molecule has 2 aliphatic rings. The van der Waals surface area contributed by atoms with Crippen LogP contribution < -0.4 is 4.90 Å². The van der Waals surface area contributed by atoms with E-state index in [4.69, 9.17) is 4.98 Å². The number of benzene rings is 2. The molecular weight excluding hydrogens is 419 g/mol. The molecule has 0 radical (unpaired) electrons. The van der Waals surface area contributed by atoms with Crippen LogP contribution in [-0.4, -0.2) is 45.9 Å². The van der Waals surface area contributed by atoms with Gasteiger partial charge in [0.1, 0.15) is 11.6 Å². The molecule has 0 aliphatic carbocycles. The highest BCUT2D eigenvalue weighted by Crippen LogP contribution is 2.34. The Morgan fingerprint density at radius 2 is 1.73 bits per heavy atom. The molecule has 5 rings (SSSR count). The lowest BCUT2D eigenvalue weighted by atomic mass is 10.1. The van der Waals surface area contributed by atoms with Gasteiger partial charge in [0.25, 0.3) is 0 Å². The first kappa shape index (κ1) is 21.6. The van der Waals surface area contributed by atoms with E-state index in [0.717, 1.165) is 42.8 Å². The number of hydrogen-bond acceptors (Lipinski definition) is 3. The van der Waals surface area contributed by atoms with Crippen LogP contribution in [0.5, 0.6) is 0 Å². The first-order valence-electron chi connectivity index (χ1n) is 11.9. The molecule has 0 spiro atoms. The molecule has 2 aromatic carbocycles. The van der Waals surface area contributed by atoms with E-state index >= 15 is 0 Å². The summed E-state index contributed by atoms with van der Waals surface area (Å²) in [7, 11) is 0. The van der Waals surface area contributed by atoms with E-state index in [2.05, 4.69) is 4.57 Å². The van der Waals surface area contributed by atoms with Gasteiger partial charge in [0.15, 0.2) is 0 Å². The van der Waals surface area contributed by atoms with Gasteiger partial charge in [0, 0.05) is 44.9 Å². The second-order valence-electron chi connectivity index (χ2n) is 9.01. The third-order valence-electron chi connectivity index (χ3n) is 6.83. The third-order valence-corrected chi connectivity index (χ3v) is 6.83. The molecule has 7 heteroatoms. The molecule has 0 N–H and O–H groups in total. The molecule has 1 aromatic heterocycles. The molecule has 6 nitrogen and oxygen atoms in total. The molecule has 0 bridgehead atoms. The summed E-state index contributed by atoms with van der Waals surface area (Å²) in [6.07, 6.45) is 5.20. The molecule has 2 aliphatic heterocycles. The largest absolute Gasteiger partial charge is 0.343 e. The van der Waals surface area contributed by atoms with Crippen LogP contribution in [0.15, 0.2) is 48.5 Å². The number of aryl methyl sites for hydroxylation is 1. The van der Waals surface area contributed by atoms with Gasteiger partial charge in [-0.3, -0.25) is 9.59 Å². The number of carbonyl (C=O) groups excluding carboxylic acids is 2. The van der Waals surface area contributed by atoms with Crippen LogP contribution in [0.25, 0.3) is 11.0 Å². The smallest absolute Gasteiger partial charge is 0.227 e. The third kappa shape index (κ3) is 4.36. The number of rotatable bonds is 5. The van der Waals surface area contributed by atoms with Crippen molar-refractivity contribution in [2.75, 3.05) is 24.5 Å². The molecule has 3 heterocycles. The van der Waals surface area contributed by atoms with Crippen LogP contribution in [-0.2, 0) is 16.1 Å². The Morgan fingerprint density at radius 3 is 2.52 bits per heavy atom. The van der Waals surface area contributed by atoms with E-state index in [-0.39, 0.29) is 24.2 Å². The predicted octanol–water partition coefficient (Wildman–Crippen LogP) is 4.49. The van der Waals surface area contributed by atoms with Crippen LogP contribution in [0, 0.1) is 5.82 Å². The number of likely N-dealkylation sites (tertiary alicyclic amines) is 1. The Morgan fingerprint density at radius 1 is 1.00 bits per heavy atom. The van der Waals surface area contributed by atoms with Crippen LogP contribution >= 0.6 is 0 Å². The minimum Gasteiger partial charge on any atom is -0.343 e. The average Bonchev–Trinajstić information content (AvgIpc) is 3.25. The van der Waals surface area contributed by atoms with Crippen molar-refractivity contribution in [3.05, 3.63) is 60.2 Å². The molecule has 1 atom stereocenters. The first-order chi connectivity index (χ1) is 16.1. The molecule has 3 aromatic rings. The first-order valence-corrected chi connectivity index (χ1v) is 11.9. The number of carbonyl (C=O) groups is 2. The van der Waals surface area contributed by atoms with E-state index in [0.29, 0.717) is 25.2 Å². The number of imidazole rings is 1. The Balaban J connectivity index is 1.40. The highest BCUT2D eigenvalue weighted by Gasteiger charge is 2.36. The number of para-hydroxylation sites is 3. The molecule has 2 amide bonds. The maximum atomic E-state index is 14.3. The molecule has 172 valence electrons. The van der Waals surface area contributed by atoms with Gasteiger partial charge in [0.2, 0.25) is 11.8 Å². The minimum absolute atomic E-state index is 0.107. The number of halogens is 1. The van der Waals surface area contributed by atoms with E-state index < -0.39 is 5.82 Å². The van der Waals surface area contributed by atoms with Crippen molar-refractivity contribution in [3.8, 4) is 0 Å². The van der Waals surface area contributed by atoms with Gasteiger partial charge in [-0.25, -0.2) is 9.37 Å². The number of nitrogens with zero attached hydrogens (tertiary/aromatic N) is 4. The summed E-state index contributed by atoms with van der Waals surface area (Å²) in [5.74, 6) is 0.313. The monoisotopic (exact) mass is 448 g/mol. The lowest BCUT2D eigenvalue weighted by Gasteiger charge is -2.21. The van der Waals surface area contributed by atoms with Crippen molar-refractivity contribution in [2.45, 2.75) is 51.0 Å².